The Hall–Kier alpha value is -1.10. The van der Waals surface area contributed by atoms with E-state index in [2.05, 4.69) is 10.2 Å². The van der Waals surface area contributed by atoms with E-state index in [1.165, 1.54) is 12.8 Å². The van der Waals surface area contributed by atoms with Crippen molar-refractivity contribution in [2.75, 3.05) is 19.6 Å². The van der Waals surface area contributed by atoms with E-state index in [-0.39, 0.29) is 5.91 Å². The summed E-state index contributed by atoms with van der Waals surface area (Å²) in [4.78, 5) is 25.5. The summed E-state index contributed by atoms with van der Waals surface area (Å²) < 4.78 is 0. The van der Waals surface area contributed by atoms with Gasteiger partial charge in [-0.15, -0.1) is 0 Å². The molecule has 1 aliphatic rings. The van der Waals surface area contributed by atoms with Crippen molar-refractivity contribution >= 4 is 11.9 Å². The minimum atomic E-state index is -1.00. The van der Waals surface area contributed by atoms with Gasteiger partial charge < -0.3 is 15.3 Å². The predicted molar refractivity (Wildman–Crippen MR) is 73.9 cm³/mol. The molecule has 0 aromatic carbocycles. The summed E-state index contributed by atoms with van der Waals surface area (Å²) in [5, 5.41) is 12.1. The van der Waals surface area contributed by atoms with Crippen molar-refractivity contribution in [2.24, 2.45) is 5.41 Å². The summed E-state index contributed by atoms with van der Waals surface area (Å²) in [6.45, 7) is 9.68. The summed E-state index contributed by atoms with van der Waals surface area (Å²) in [6.07, 6.45) is 2.84. The van der Waals surface area contributed by atoms with Gasteiger partial charge in [0.25, 0.3) is 0 Å². The normalized spacial score (nSPS) is 17.5. The first-order chi connectivity index (χ1) is 8.67. The average Bonchev–Trinajstić information content (AvgIpc) is 2.78. The molecule has 110 valence electrons. The van der Waals surface area contributed by atoms with Gasteiger partial charge >= 0.3 is 5.97 Å². The lowest BCUT2D eigenvalue weighted by Gasteiger charge is -2.38. The quantitative estimate of drug-likeness (QED) is 0.767. The van der Waals surface area contributed by atoms with Gasteiger partial charge in [0.1, 0.15) is 0 Å². The standard InChI is InChI=1S/C14H26N2O3/c1-13(2,12(18)19)14(3,4)15-11(17)7-10-16-8-5-6-9-16/h5-10H2,1-4H3,(H,15,17)(H,18,19). The molecule has 19 heavy (non-hydrogen) atoms. The molecule has 0 aromatic heterocycles. The molecule has 1 heterocycles. The van der Waals surface area contributed by atoms with E-state index in [0.717, 1.165) is 19.6 Å². The molecule has 1 amide bonds. The molecule has 1 saturated heterocycles. The third-order valence-corrected chi connectivity index (χ3v) is 4.40. The van der Waals surface area contributed by atoms with Crippen LogP contribution in [0.15, 0.2) is 0 Å². The summed E-state index contributed by atoms with van der Waals surface area (Å²) in [7, 11) is 0. The lowest BCUT2D eigenvalue weighted by atomic mass is 9.74. The van der Waals surface area contributed by atoms with Gasteiger partial charge in [-0.1, -0.05) is 0 Å². The summed E-state index contributed by atoms with van der Waals surface area (Å²) in [6, 6.07) is 0. The van der Waals surface area contributed by atoms with Crippen LogP contribution in [0, 0.1) is 5.41 Å². The first-order valence-electron chi connectivity index (χ1n) is 6.93. The molecule has 5 heteroatoms. The van der Waals surface area contributed by atoms with Crippen LogP contribution in [0.4, 0.5) is 0 Å². The topological polar surface area (TPSA) is 69.6 Å². The Morgan fingerprint density at radius 1 is 1.16 bits per heavy atom. The zero-order chi connectivity index (χ0) is 14.7. The molecule has 0 saturated carbocycles. The maximum atomic E-state index is 12.0. The first kappa shape index (κ1) is 16.0. The van der Waals surface area contributed by atoms with Crippen LogP contribution in [-0.2, 0) is 9.59 Å². The number of nitrogens with one attached hydrogen (secondary N) is 1. The highest BCUT2D eigenvalue weighted by molar-refractivity contribution is 5.80. The number of likely N-dealkylation sites (tertiary alicyclic amines) is 1. The molecular weight excluding hydrogens is 244 g/mol. The number of carbonyl (C=O) groups excluding carboxylic acids is 1. The van der Waals surface area contributed by atoms with Crippen LogP contribution in [0.25, 0.3) is 0 Å². The fraction of sp³-hybridized carbons (Fsp3) is 0.857. The number of hydrogen-bond donors (Lipinski definition) is 2. The Bertz CT molecular complexity index is 345. The second-order valence-electron chi connectivity index (χ2n) is 6.40. The highest BCUT2D eigenvalue weighted by Crippen LogP contribution is 2.30. The second-order valence-corrected chi connectivity index (χ2v) is 6.40. The number of hydrogen-bond acceptors (Lipinski definition) is 3. The van der Waals surface area contributed by atoms with Crippen LogP contribution in [0.3, 0.4) is 0 Å². The van der Waals surface area contributed by atoms with Gasteiger partial charge in [0.15, 0.2) is 0 Å². The van der Waals surface area contributed by atoms with Crippen LogP contribution in [-0.4, -0.2) is 47.1 Å². The molecular formula is C14H26N2O3. The van der Waals surface area contributed by atoms with Gasteiger partial charge in [0.05, 0.1) is 5.41 Å². The maximum Gasteiger partial charge on any atom is 0.311 e. The number of carboxylic acids is 1. The van der Waals surface area contributed by atoms with Crippen LogP contribution < -0.4 is 5.32 Å². The number of rotatable bonds is 6. The van der Waals surface area contributed by atoms with Crippen molar-refractivity contribution < 1.29 is 14.7 Å². The van der Waals surface area contributed by atoms with E-state index in [1.807, 2.05) is 0 Å². The zero-order valence-electron chi connectivity index (χ0n) is 12.5. The van der Waals surface area contributed by atoms with Crippen LogP contribution in [0.1, 0.15) is 47.0 Å². The summed E-state index contributed by atoms with van der Waals surface area (Å²) in [5.74, 6) is -0.983. The largest absolute Gasteiger partial charge is 0.481 e. The average molecular weight is 270 g/mol. The zero-order valence-corrected chi connectivity index (χ0v) is 12.5. The Labute approximate surface area is 115 Å². The van der Waals surface area contributed by atoms with E-state index in [1.54, 1.807) is 27.7 Å². The van der Waals surface area contributed by atoms with E-state index in [9.17, 15) is 14.7 Å². The fourth-order valence-electron chi connectivity index (χ4n) is 2.10. The van der Waals surface area contributed by atoms with Crippen LogP contribution in [0.5, 0.6) is 0 Å². The molecule has 2 N–H and O–H groups in total. The lowest BCUT2D eigenvalue weighted by Crippen LogP contribution is -2.57. The summed E-state index contributed by atoms with van der Waals surface area (Å²) in [5.41, 5.74) is -1.78. The fourth-order valence-corrected chi connectivity index (χ4v) is 2.10. The Balaban J connectivity index is 2.47. The van der Waals surface area contributed by atoms with E-state index < -0.39 is 16.9 Å². The van der Waals surface area contributed by atoms with Gasteiger partial charge in [-0.05, 0) is 53.6 Å². The van der Waals surface area contributed by atoms with Crippen LogP contribution >= 0.6 is 0 Å². The molecule has 0 bridgehead atoms. The third kappa shape index (κ3) is 3.93. The number of carboxylic acid groups (broad SMARTS) is 1. The number of amides is 1. The van der Waals surface area contributed by atoms with Gasteiger partial charge in [-0.3, -0.25) is 9.59 Å². The van der Waals surface area contributed by atoms with Gasteiger partial charge in [0.2, 0.25) is 5.91 Å². The van der Waals surface area contributed by atoms with E-state index in [4.69, 9.17) is 0 Å². The number of aliphatic carboxylic acids is 1. The Morgan fingerprint density at radius 3 is 2.16 bits per heavy atom. The van der Waals surface area contributed by atoms with E-state index >= 15 is 0 Å². The van der Waals surface area contributed by atoms with Gasteiger partial charge in [-0.25, -0.2) is 0 Å². The number of nitrogens with zero attached hydrogens (tertiary/aromatic N) is 1. The minimum absolute atomic E-state index is 0.0776. The second kappa shape index (κ2) is 5.90. The van der Waals surface area contributed by atoms with Gasteiger partial charge in [0, 0.05) is 18.5 Å². The van der Waals surface area contributed by atoms with E-state index in [0.29, 0.717) is 6.42 Å². The Morgan fingerprint density at radius 2 is 1.68 bits per heavy atom. The highest BCUT2D eigenvalue weighted by atomic mass is 16.4. The van der Waals surface area contributed by atoms with Crippen molar-refractivity contribution in [3.8, 4) is 0 Å². The van der Waals surface area contributed by atoms with Crippen LogP contribution in [0.2, 0.25) is 0 Å². The number of carbonyl (C=O) groups is 2. The molecule has 0 atom stereocenters. The molecule has 1 rings (SSSR count). The third-order valence-electron chi connectivity index (χ3n) is 4.40. The van der Waals surface area contributed by atoms with Crippen molar-refractivity contribution in [1.29, 1.82) is 0 Å². The predicted octanol–water partition coefficient (Wildman–Crippen LogP) is 1.48. The molecule has 0 aromatic rings. The SMILES string of the molecule is CC(C)(NC(=O)CCN1CCCC1)C(C)(C)C(=O)O. The van der Waals surface area contributed by atoms with Gasteiger partial charge in [-0.2, -0.15) is 0 Å². The molecule has 1 aliphatic heterocycles. The van der Waals surface area contributed by atoms with Crippen molar-refractivity contribution in [3.05, 3.63) is 0 Å². The monoisotopic (exact) mass is 270 g/mol. The Kier molecular flexibility index (Phi) is 4.96. The van der Waals surface area contributed by atoms with Crippen molar-refractivity contribution in [2.45, 2.75) is 52.5 Å². The first-order valence-corrected chi connectivity index (χ1v) is 6.93. The maximum absolute atomic E-state index is 12.0. The van der Waals surface area contributed by atoms with Crippen molar-refractivity contribution in [1.82, 2.24) is 10.2 Å². The smallest absolute Gasteiger partial charge is 0.311 e. The molecule has 1 fully saturated rings. The lowest BCUT2D eigenvalue weighted by molar-refractivity contribution is -0.151. The molecule has 5 nitrogen and oxygen atoms in total. The molecule has 0 unspecified atom stereocenters. The summed E-state index contributed by atoms with van der Waals surface area (Å²) >= 11 is 0. The minimum Gasteiger partial charge on any atom is -0.481 e. The molecule has 0 spiro atoms. The molecule has 0 radical (unpaired) electrons. The molecule has 0 aliphatic carbocycles. The van der Waals surface area contributed by atoms with Crippen molar-refractivity contribution in [3.63, 3.8) is 0 Å². The highest BCUT2D eigenvalue weighted by Gasteiger charge is 2.44.